The van der Waals surface area contributed by atoms with Crippen LogP contribution in [0.15, 0.2) is 39.9 Å². The summed E-state index contributed by atoms with van der Waals surface area (Å²) in [5, 5.41) is 6.66. The highest BCUT2D eigenvalue weighted by atomic mass is 32.1. The van der Waals surface area contributed by atoms with Crippen LogP contribution in [0, 0.1) is 6.92 Å². The minimum Gasteiger partial charge on any atom is -0.383 e. The van der Waals surface area contributed by atoms with Crippen molar-refractivity contribution in [1.29, 1.82) is 0 Å². The van der Waals surface area contributed by atoms with E-state index in [0.29, 0.717) is 23.5 Å². The van der Waals surface area contributed by atoms with E-state index in [9.17, 15) is 14.4 Å². The zero-order chi connectivity index (χ0) is 22.4. The van der Waals surface area contributed by atoms with Gasteiger partial charge in [0, 0.05) is 13.7 Å². The third-order valence-corrected chi connectivity index (χ3v) is 5.91. The van der Waals surface area contributed by atoms with Crippen LogP contribution >= 0.6 is 11.3 Å². The molecule has 0 aliphatic heterocycles. The number of hydrogen-bond donors (Lipinski definition) is 3. The average molecular weight is 444 g/mol. The second-order valence-electron chi connectivity index (χ2n) is 6.80. The van der Waals surface area contributed by atoms with E-state index in [2.05, 4.69) is 20.6 Å². The summed E-state index contributed by atoms with van der Waals surface area (Å²) >= 11 is 1.29. The summed E-state index contributed by atoms with van der Waals surface area (Å²) in [6, 6.07) is 9.50. The van der Waals surface area contributed by atoms with Gasteiger partial charge in [-0.1, -0.05) is 37.3 Å². The first-order valence-electron chi connectivity index (χ1n) is 9.86. The van der Waals surface area contributed by atoms with Crippen LogP contribution in [0.5, 0.6) is 0 Å². The van der Waals surface area contributed by atoms with Crippen molar-refractivity contribution < 1.29 is 9.53 Å². The molecule has 1 amide bonds. The van der Waals surface area contributed by atoms with Crippen molar-refractivity contribution in [2.75, 3.05) is 24.4 Å². The highest BCUT2D eigenvalue weighted by molar-refractivity contribution is 7.13. The number of amides is 1. The quantitative estimate of drug-likeness (QED) is 0.467. The molecule has 0 saturated heterocycles. The first-order valence-corrected chi connectivity index (χ1v) is 10.7. The van der Waals surface area contributed by atoms with Crippen molar-refractivity contribution in [3.8, 4) is 0 Å². The minimum absolute atomic E-state index is 0.0950. The Bertz CT molecular complexity index is 1170. The number of anilines is 2. The fraction of sp³-hybridized carbons (Fsp3) is 0.333. The van der Waals surface area contributed by atoms with Crippen molar-refractivity contribution in [2.24, 2.45) is 0 Å². The molecule has 10 heteroatoms. The van der Waals surface area contributed by atoms with Gasteiger partial charge in [0.15, 0.2) is 0 Å². The number of H-pyrrole nitrogens is 1. The molecule has 3 N–H and O–H groups in total. The van der Waals surface area contributed by atoms with Gasteiger partial charge < -0.3 is 15.4 Å². The predicted octanol–water partition coefficient (Wildman–Crippen LogP) is 2.37. The molecule has 0 aliphatic carbocycles. The first kappa shape index (κ1) is 22.4. The maximum atomic E-state index is 13.0. The van der Waals surface area contributed by atoms with Crippen LogP contribution in [-0.4, -0.2) is 34.2 Å². The van der Waals surface area contributed by atoms with Crippen molar-refractivity contribution in [3.05, 3.63) is 72.3 Å². The molecule has 0 radical (unpaired) electrons. The lowest BCUT2D eigenvalue weighted by atomic mass is 10.2. The zero-order valence-corrected chi connectivity index (χ0v) is 18.5. The molecule has 0 atom stereocenters. The van der Waals surface area contributed by atoms with Crippen LogP contribution < -0.4 is 21.9 Å². The molecule has 9 nitrogen and oxygen atoms in total. The fourth-order valence-corrected chi connectivity index (χ4v) is 3.93. The Morgan fingerprint density at radius 1 is 1.26 bits per heavy atom. The van der Waals surface area contributed by atoms with E-state index in [1.807, 2.05) is 37.3 Å². The number of nitrogens with zero attached hydrogens (tertiary/aromatic N) is 2. The van der Waals surface area contributed by atoms with E-state index in [-0.39, 0.29) is 24.7 Å². The minimum atomic E-state index is -0.627. The average Bonchev–Trinajstić information content (AvgIpc) is 3.14. The van der Waals surface area contributed by atoms with Gasteiger partial charge in [0.1, 0.15) is 16.4 Å². The third kappa shape index (κ3) is 5.28. The second-order valence-corrected chi connectivity index (χ2v) is 7.88. The summed E-state index contributed by atoms with van der Waals surface area (Å²) in [6.07, 6.45) is 0.715. The standard InChI is InChI=1S/C21H25N5O4S/c1-4-15-23-13(2)17(31-15)20(28)24-18-16(22-12-14-8-6-5-7-9-14)19(27)25-21(29)26(18)10-11-30-3/h5-9,22H,4,10-12H2,1-3H3,(H,24,28)(H,25,27,29). The molecule has 2 aromatic heterocycles. The lowest BCUT2D eigenvalue weighted by Crippen LogP contribution is -2.36. The van der Waals surface area contributed by atoms with Crippen LogP contribution in [0.1, 0.15) is 32.9 Å². The molecule has 3 rings (SSSR count). The highest BCUT2D eigenvalue weighted by Gasteiger charge is 2.21. The Kier molecular flexibility index (Phi) is 7.37. The van der Waals surface area contributed by atoms with E-state index in [1.54, 1.807) is 6.92 Å². The van der Waals surface area contributed by atoms with Gasteiger partial charge in [-0.25, -0.2) is 9.78 Å². The predicted molar refractivity (Wildman–Crippen MR) is 121 cm³/mol. The summed E-state index contributed by atoms with van der Waals surface area (Å²) < 4.78 is 6.37. The number of hydrogen-bond acceptors (Lipinski definition) is 7. The molecule has 31 heavy (non-hydrogen) atoms. The van der Waals surface area contributed by atoms with Crippen molar-refractivity contribution in [1.82, 2.24) is 14.5 Å². The number of ether oxygens (including phenoxy) is 1. The van der Waals surface area contributed by atoms with Crippen LogP contribution in [0.25, 0.3) is 0 Å². The Hall–Kier alpha value is -3.24. The molecule has 0 saturated carbocycles. The van der Waals surface area contributed by atoms with Crippen LogP contribution in [0.4, 0.5) is 11.5 Å². The number of benzene rings is 1. The molecular weight excluding hydrogens is 418 g/mol. The van der Waals surface area contributed by atoms with Crippen molar-refractivity contribution in [2.45, 2.75) is 33.4 Å². The second kappa shape index (κ2) is 10.2. The third-order valence-electron chi connectivity index (χ3n) is 4.61. The number of carbonyl (C=O) groups excluding carboxylic acids is 1. The molecular formula is C21H25N5O4S. The van der Waals surface area contributed by atoms with Gasteiger partial charge in [-0.3, -0.25) is 19.1 Å². The maximum absolute atomic E-state index is 13.0. The summed E-state index contributed by atoms with van der Waals surface area (Å²) in [4.78, 5) is 45.3. The van der Waals surface area contributed by atoms with Gasteiger partial charge in [0.05, 0.1) is 23.9 Å². The molecule has 0 aliphatic rings. The zero-order valence-electron chi connectivity index (χ0n) is 17.7. The SMILES string of the molecule is CCc1nc(C)c(C(=O)Nc2c(NCc3ccccc3)c(=O)[nH]c(=O)n2CCOC)s1. The van der Waals surface area contributed by atoms with E-state index < -0.39 is 17.2 Å². The lowest BCUT2D eigenvalue weighted by Gasteiger charge is -2.17. The molecule has 0 unspecified atom stereocenters. The van der Waals surface area contributed by atoms with E-state index >= 15 is 0 Å². The number of nitrogens with one attached hydrogen (secondary N) is 3. The lowest BCUT2D eigenvalue weighted by molar-refractivity contribution is 0.102. The monoisotopic (exact) mass is 443 g/mol. The fourth-order valence-electron chi connectivity index (χ4n) is 3.03. The van der Waals surface area contributed by atoms with Crippen LogP contribution in [0.2, 0.25) is 0 Å². The number of aryl methyl sites for hydroxylation is 2. The van der Waals surface area contributed by atoms with Gasteiger partial charge in [-0.05, 0) is 18.9 Å². The van der Waals surface area contributed by atoms with Crippen LogP contribution in [-0.2, 0) is 24.2 Å². The maximum Gasteiger partial charge on any atom is 0.330 e. The highest BCUT2D eigenvalue weighted by Crippen LogP contribution is 2.22. The molecule has 0 spiro atoms. The topological polar surface area (TPSA) is 118 Å². The Morgan fingerprint density at radius 2 is 2.00 bits per heavy atom. The number of rotatable bonds is 9. The molecule has 164 valence electrons. The number of aromatic amines is 1. The molecule has 0 bridgehead atoms. The summed E-state index contributed by atoms with van der Waals surface area (Å²) in [6.45, 7) is 4.45. The van der Waals surface area contributed by atoms with Gasteiger partial charge in [-0.15, -0.1) is 11.3 Å². The van der Waals surface area contributed by atoms with Crippen molar-refractivity contribution in [3.63, 3.8) is 0 Å². The summed E-state index contributed by atoms with van der Waals surface area (Å²) in [5.74, 6) is -0.328. The number of thiazole rings is 1. The number of methoxy groups -OCH3 is 1. The number of carbonyl (C=O) groups is 1. The van der Waals surface area contributed by atoms with Gasteiger partial charge >= 0.3 is 5.69 Å². The Morgan fingerprint density at radius 3 is 2.65 bits per heavy atom. The van der Waals surface area contributed by atoms with Gasteiger partial charge in [0.25, 0.3) is 11.5 Å². The molecule has 2 heterocycles. The van der Waals surface area contributed by atoms with E-state index in [4.69, 9.17) is 4.74 Å². The molecule has 3 aromatic rings. The van der Waals surface area contributed by atoms with Crippen molar-refractivity contribution >= 4 is 28.7 Å². The Balaban J connectivity index is 2.01. The van der Waals surface area contributed by atoms with Crippen LogP contribution in [0.3, 0.4) is 0 Å². The first-order chi connectivity index (χ1) is 14.9. The molecule has 0 fully saturated rings. The van der Waals surface area contributed by atoms with Gasteiger partial charge in [-0.2, -0.15) is 0 Å². The van der Waals surface area contributed by atoms with E-state index in [0.717, 1.165) is 10.6 Å². The normalized spacial score (nSPS) is 10.8. The Labute approximate surface area is 183 Å². The number of aromatic nitrogens is 3. The largest absolute Gasteiger partial charge is 0.383 e. The van der Waals surface area contributed by atoms with Gasteiger partial charge in [0.2, 0.25) is 0 Å². The smallest absolute Gasteiger partial charge is 0.330 e. The summed E-state index contributed by atoms with van der Waals surface area (Å²) in [5.41, 5.74) is 0.414. The summed E-state index contributed by atoms with van der Waals surface area (Å²) in [7, 11) is 1.51. The van der Waals surface area contributed by atoms with E-state index in [1.165, 1.54) is 23.0 Å². The molecule has 1 aromatic carbocycles.